The molecule has 0 spiro atoms. The summed E-state index contributed by atoms with van der Waals surface area (Å²) >= 11 is 0. The van der Waals surface area contributed by atoms with Crippen LogP contribution in [0.4, 0.5) is 0 Å². The zero-order valence-corrected chi connectivity index (χ0v) is 7.15. The van der Waals surface area contributed by atoms with Crippen molar-refractivity contribution in [3.8, 4) is 0 Å². The molecule has 0 saturated carbocycles. The number of cyclic esters (lactones) is 2. The van der Waals surface area contributed by atoms with Gasteiger partial charge in [0.15, 0.2) is 5.54 Å². The van der Waals surface area contributed by atoms with Gasteiger partial charge in [-0.25, -0.2) is 4.79 Å². The lowest BCUT2D eigenvalue weighted by Gasteiger charge is -2.48. The molecule has 3 fully saturated rings. The number of hydrogen-bond donors (Lipinski definition) is 1. The first-order valence-electron chi connectivity index (χ1n) is 4.57. The van der Waals surface area contributed by atoms with Crippen molar-refractivity contribution in [2.45, 2.75) is 17.7 Å². The summed E-state index contributed by atoms with van der Waals surface area (Å²) in [6.45, 7) is 0.475. The standard InChI is InChI=1S/C9H7NO4/c11-6-8-3-10-9(8,7(12)14-6)5-2-1-4(8)13-5/h1-2,4-5,10H,3H2/t4?,5?,8?,9-/m0/s1. The van der Waals surface area contributed by atoms with Crippen LogP contribution in [0.3, 0.4) is 0 Å². The SMILES string of the molecule is O=C1OC(=O)[C@]23NCC12C1C=CC3O1. The summed E-state index contributed by atoms with van der Waals surface area (Å²) in [4.78, 5) is 23.3. The van der Waals surface area contributed by atoms with Gasteiger partial charge in [-0.1, -0.05) is 12.2 Å². The number of ether oxygens (including phenoxy) is 2. The zero-order chi connectivity index (χ0) is 9.55. The van der Waals surface area contributed by atoms with Crippen molar-refractivity contribution in [3.05, 3.63) is 12.2 Å². The van der Waals surface area contributed by atoms with Crippen molar-refractivity contribution in [1.29, 1.82) is 0 Å². The minimum atomic E-state index is -0.899. The van der Waals surface area contributed by atoms with Gasteiger partial charge >= 0.3 is 11.9 Å². The number of fused-ring (bicyclic) bond motifs is 2. The summed E-state index contributed by atoms with van der Waals surface area (Å²) in [6, 6.07) is 0. The van der Waals surface area contributed by atoms with E-state index in [1.54, 1.807) is 0 Å². The van der Waals surface area contributed by atoms with Gasteiger partial charge in [-0.3, -0.25) is 10.1 Å². The molecule has 0 amide bonds. The molecule has 4 aliphatic rings. The van der Waals surface area contributed by atoms with Crippen molar-refractivity contribution < 1.29 is 19.1 Å². The minimum absolute atomic E-state index is 0.285. The van der Waals surface area contributed by atoms with Crippen LogP contribution in [0.2, 0.25) is 0 Å². The summed E-state index contributed by atoms with van der Waals surface area (Å²) in [6.07, 6.45) is 3.06. The van der Waals surface area contributed by atoms with Gasteiger partial charge in [-0.2, -0.15) is 0 Å². The molecule has 0 aromatic rings. The summed E-state index contributed by atoms with van der Waals surface area (Å²) in [5.41, 5.74) is -1.66. The van der Waals surface area contributed by atoms with Crippen LogP contribution in [-0.4, -0.2) is 36.2 Å². The van der Waals surface area contributed by atoms with Gasteiger partial charge in [0.25, 0.3) is 0 Å². The molecule has 0 aliphatic carbocycles. The van der Waals surface area contributed by atoms with Gasteiger partial charge in [-0.05, 0) is 0 Å². The van der Waals surface area contributed by atoms with Crippen molar-refractivity contribution in [2.75, 3.05) is 6.54 Å². The lowest BCUT2D eigenvalue weighted by molar-refractivity contribution is -0.157. The topological polar surface area (TPSA) is 64.6 Å². The third-order valence-electron chi connectivity index (χ3n) is 3.89. The molecule has 4 rings (SSSR count). The van der Waals surface area contributed by atoms with Crippen LogP contribution in [0.5, 0.6) is 0 Å². The van der Waals surface area contributed by atoms with Crippen LogP contribution in [0.1, 0.15) is 0 Å². The monoisotopic (exact) mass is 193 g/mol. The molecule has 4 heterocycles. The minimum Gasteiger partial charge on any atom is -0.391 e. The van der Waals surface area contributed by atoms with Crippen LogP contribution in [0.15, 0.2) is 12.2 Å². The molecule has 5 nitrogen and oxygen atoms in total. The Hall–Kier alpha value is -1.20. The Balaban J connectivity index is 2.04. The lowest BCUT2D eigenvalue weighted by atomic mass is 9.59. The molecule has 14 heavy (non-hydrogen) atoms. The van der Waals surface area contributed by atoms with Gasteiger partial charge < -0.3 is 9.47 Å². The molecule has 3 saturated heterocycles. The van der Waals surface area contributed by atoms with E-state index in [0.717, 1.165) is 0 Å². The highest BCUT2D eigenvalue weighted by atomic mass is 16.6. The van der Waals surface area contributed by atoms with Crippen LogP contribution < -0.4 is 5.32 Å². The quantitative estimate of drug-likeness (QED) is 0.295. The fraction of sp³-hybridized carbons (Fsp3) is 0.556. The maximum absolute atomic E-state index is 11.6. The first-order valence-corrected chi connectivity index (χ1v) is 4.57. The van der Waals surface area contributed by atoms with E-state index in [4.69, 9.17) is 9.47 Å². The molecule has 2 bridgehead atoms. The third-order valence-corrected chi connectivity index (χ3v) is 3.89. The van der Waals surface area contributed by atoms with E-state index in [9.17, 15) is 9.59 Å². The van der Waals surface area contributed by atoms with E-state index in [1.807, 2.05) is 12.2 Å². The Labute approximate surface area is 79.0 Å². The number of nitrogens with one attached hydrogen (secondary N) is 1. The number of esters is 2. The van der Waals surface area contributed by atoms with E-state index in [1.165, 1.54) is 0 Å². The second-order valence-corrected chi connectivity index (χ2v) is 4.17. The van der Waals surface area contributed by atoms with Crippen LogP contribution in [0, 0.1) is 5.41 Å². The number of carbonyl (C=O) groups excluding carboxylic acids is 2. The number of rotatable bonds is 0. The largest absolute Gasteiger partial charge is 0.391 e. The van der Waals surface area contributed by atoms with Crippen molar-refractivity contribution in [2.24, 2.45) is 5.41 Å². The predicted octanol–water partition coefficient (Wildman–Crippen LogP) is -1.26. The van der Waals surface area contributed by atoms with E-state index < -0.39 is 22.9 Å². The van der Waals surface area contributed by atoms with Crippen molar-refractivity contribution >= 4 is 11.9 Å². The average molecular weight is 193 g/mol. The van der Waals surface area contributed by atoms with Gasteiger partial charge in [0, 0.05) is 6.54 Å². The zero-order valence-electron chi connectivity index (χ0n) is 7.15. The van der Waals surface area contributed by atoms with E-state index in [-0.39, 0.29) is 12.2 Å². The van der Waals surface area contributed by atoms with Gasteiger partial charge in [0.05, 0.1) is 6.10 Å². The smallest absolute Gasteiger partial charge is 0.338 e. The number of hydrogen-bond acceptors (Lipinski definition) is 5. The normalized spacial score (nSPS) is 56.9. The highest BCUT2D eigenvalue weighted by molar-refractivity contribution is 6.09. The number of carbonyl (C=O) groups is 2. The van der Waals surface area contributed by atoms with Crippen LogP contribution in [0.25, 0.3) is 0 Å². The molecule has 0 radical (unpaired) electrons. The fourth-order valence-corrected chi connectivity index (χ4v) is 3.10. The average Bonchev–Trinajstić information content (AvgIpc) is 2.61. The molecule has 72 valence electrons. The molecule has 5 heteroatoms. The van der Waals surface area contributed by atoms with Gasteiger partial charge in [-0.15, -0.1) is 0 Å². The van der Waals surface area contributed by atoms with Crippen molar-refractivity contribution in [1.82, 2.24) is 5.32 Å². The summed E-state index contributed by atoms with van der Waals surface area (Å²) in [7, 11) is 0. The lowest BCUT2D eigenvalue weighted by Crippen LogP contribution is -2.78. The van der Waals surface area contributed by atoms with Crippen LogP contribution in [-0.2, 0) is 19.1 Å². The Morgan fingerprint density at radius 2 is 2.07 bits per heavy atom. The summed E-state index contributed by atoms with van der Waals surface area (Å²) in [5.74, 6) is -0.913. The molecule has 4 atom stereocenters. The second kappa shape index (κ2) is 1.66. The Bertz CT molecular complexity index is 381. The molecular weight excluding hydrogens is 186 g/mol. The Morgan fingerprint density at radius 3 is 2.71 bits per heavy atom. The summed E-state index contributed by atoms with van der Waals surface area (Å²) < 4.78 is 10.3. The molecular formula is C9H7NO4. The van der Waals surface area contributed by atoms with Gasteiger partial charge in [0.2, 0.25) is 0 Å². The Kier molecular flexibility index (Phi) is 0.846. The molecule has 4 aliphatic heterocycles. The molecule has 0 aromatic heterocycles. The van der Waals surface area contributed by atoms with Gasteiger partial charge in [0.1, 0.15) is 11.5 Å². The first-order chi connectivity index (χ1) is 6.72. The molecule has 1 N–H and O–H groups in total. The molecule has 0 aromatic carbocycles. The molecule has 3 unspecified atom stereocenters. The van der Waals surface area contributed by atoms with E-state index in [0.29, 0.717) is 6.54 Å². The summed E-state index contributed by atoms with van der Waals surface area (Å²) in [5, 5.41) is 3.01. The highest BCUT2D eigenvalue weighted by Crippen LogP contribution is 2.60. The fourth-order valence-electron chi connectivity index (χ4n) is 3.10. The maximum Gasteiger partial charge on any atom is 0.338 e. The second-order valence-electron chi connectivity index (χ2n) is 4.17. The highest BCUT2D eigenvalue weighted by Gasteiger charge is 2.85. The first kappa shape index (κ1) is 7.14. The maximum atomic E-state index is 11.6. The predicted molar refractivity (Wildman–Crippen MR) is 42.1 cm³/mol. The third kappa shape index (κ3) is 0.387. The van der Waals surface area contributed by atoms with E-state index in [2.05, 4.69) is 5.32 Å². The van der Waals surface area contributed by atoms with Crippen molar-refractivity contribution in [3.63, 3.8) is 0 Å². The van der Waals surface area contributed by atoms with Crippen LogP contribution >= 0.6 is 0 Å². The Morgan fingerprint density at radius 1 is 1.29 bits per heavy atom. The van der Waals surface area contributed by atoms with E-state index >= 15 is 0 Å².